The zero-order valence-electron chi connectivity index (χ0n) is 20.3. The molecule has 0 unspecified atom stereocenters. The van der Waals surface area contributed by atoms with Gasteiger partial charge in [0.2, 0.25) is 0 Å². The Morgan fingerprint density at radius 3 is 2.23 bits per heavy atom. The summed E-state index contributed by atoms with van der Waals surface area (Å²) in [7, 11) is 1.27. The van der Waals surface area contributed by atoms with Gasteiger partial charge < -0.3 is 14.6 Å². The fourth-order valence-electron chi connectivity index (χ4n) is 4.10. The number of ether oxygens (including phenoxy) is 2. The molecule has 0 aromatic heterocycles. The van der Waals surface area contributed by atoms with Gasteiger partial charge in [0, 0.05) is 0 Å². The molecule has 1 saturated heterocycles. The highest BCUT2D eigenvalue weighted by molar-refractivity contribution is 6.09. The Kier molecular flexibility index (Phi) is 7.75. The Bertz CT molecular complexity index is 868. The van der Waals surface area contributed by atoms with E-state index in [1.54, 1.807) is 20.8 Å². The Morgan fingerprint density at radius 2 is 1.68 bits per heavy atom. The molecule has 5 nitrogen and oxygen atoms in total. The van der Waals surface area contributed by atoms with Crippen LogP contribution in [-0.4, -0.2) is 35.7 Å². The molecule has 0 bridgehead atoms. The summed E-state index contributed by atoms with van der Waals surface area (Å²) >= 11 is 0. The first kappa shape index (κ1) is 25.1. The van der Waals surface area contributed by atoms with E-state index in [1.807, 2.05) is 13.0 Å². The normalized spacial score (nSPS) is 26.5. The number of methoxy groups -OCH3 is 1. The predicted octanol–water partition coefficient (Wildman–Crippen LogP) is 5.92. The average molecular weight is 431 g/mol. The van der Waals surface area contributed by atoms with Crippen LogP contribution in [0.4, 0.5) is 0 Å². The average Bonchev–Trinajstić information content (AvgIpc) is 3.34. The minimum absolute atomic E-state index is 0.0477. The van der Waals surface area contributed by atoms with Gasteiger partial charge in [-0.15, -0.1) is 0 Å². The van der Waals surface area contributed by atoms with Crippen molar-refractivity contribution in [3.63, 3.8) is 0 Å². The van der Waals surface area contributed by atoms with E-state index >= 15 is 0 Å². The molecular formula is C26H38O5. The van der Waals surface area contributed by atoms with E-state index in [-0.39, 0.29) is 22.7 Å². The van der Waals surface area contributed by atoms with Crippen molar-refractivity contribution in [2.24, 2.45) is 5.41 Å². The van der Waals surface area contributed by atoms with Gasteiger partial charge in [-0.1, -0.05) is 23.3 Å². The summed E-state index contributed by atoms with van der Waals surface area (Å²) in [5.74, 6) is -0.966. The number of carbonyl (C=O) groups is 2. The summed E-state index contributed by atoms with van der Waals surface area (Å²) in [6.45, 7) is 13.5. The van der Waals surface area contributed by atoms with Crippen LogP contribution in [0.1, 0.15) is 80.6 Å². The number of aliphatic hydroxyl groups is 1. The number of hydrogen-bond acceptors (Lipinski definition) is 5. The third-order valence-corrected chi connectivity index (χ3v) is 6.78. The molecule has 0 aromatic carbocycles. The van der Waals surface area contributed by atoms with Gasteiger partial charge in [0.15, 0.2) is 5.78 Å². The van der Waals surface area contributed by atoms with E-state index in [9.17, 15) is 14.7 Å². The second-order valence-corrected chi connectivity index (χ2v) is 9.72. The van der Waals surface area contributed by atoms with Crippen LogP contribution in [0.2, 0.25) is 0 Å². The molecule has 0 aromatic rings. The van der Waals surface area contributed by atoms with Crippen LogP contribution in [0.25, 0.3) is 0 Å². The number of ketones is 1. The van der Waals surface area contributed by atoms with Crippen molar-refractivity contribution in [2.75, 3.05) is 7.11 Å². The van der Waals surface area contributed by atoms with Crippen LogP contribution in [0.3, 0.4) is 0 Å². The topological polar surface area (TPSA) is 76.1 Å². The molecule has 0 radical (unpaired) electrons. The first-order chi connectivity index (χ1) is 14.3. The zero-order valence-corrected chi connectivity index (χ0v) is 20.3. The molecule has 0 saturated carbocycles. The molecule has 2 atom stereocenters. The largest absolute Gasteiger partial charge is 0.510 e. The molecule has 1 aliphatic heterocycles. The van der Waals surface area contributed by atoms with Gasteiger partial charge in [0.1, 0.15) is 11.3 Å². The van der Waals surface area contributed by atoms with E-state index in [0.29, 0.717) is 23.7 Å². The lowest BCUT2D eigenvalue weighted by molar-refractivity contribution is -0.136. The van der Waals surface area contributed by atoms with Crippen molar-refractivity contribution < 1.29 is 24.2 Å². The maximum atomic E-state index is 13.0. The maximum absolute atomic E-state index is 13.0. The lowest BCUT2D eigenvalue weighted by atomic mass is 9.70. The van der Waals surface area contributed by atoms with Gasteiger partial charge >= 0.3 is 5.97 Å². The summed E-state index contributed by atoms with van der Waals surface area (Å²) in [4.78, 5) is 25.2. The van der Waals surface area contributed by atoms with Gasteiger partial charge in [-0.05, 0) is 91.7 Å². The predicted molar refractivity (Wildman–Crippen MR) is 123 cm³/mol. The van der Waals surface area contributed by atoms with Crippen molar-refractivity contribution >= 4 is 11.8 Å². The highest BCUT2D eigenvalue weighted by Gasteiger charge is 2.47. The van der Waals surface area contributed by atoms with Gasteiger partial charge in [0.05, 0.1) is 24.2 Å². The summed E-state index contributed by atoms with van der Waals surface area (Å²) in [6, 6.07) is 0. The molecule has 5 heteroatoms. The smallest absolute Gasteiger partial charge is 0.341 e. The van der Waals surface area contributed by atoms with Gasteiger partial charge in [-0.25, -0.2) is 4.79 Å². The number of epoxide rings is 1. The number of rotatable bonds is 9. The third-order valence-electron chi connectivity index (χ3n) is 6.78. The molecule has 1 N–H and O–H groups in total. The molecule has 1 heterocycles. The van der Waals surface area contributed by atoms with Crippen molar-refractivity contribution in [2.45, 2.75) is 92.3 Å². The molecule has 2 rings (SSSR count). The Labute approximate surface area is 186 Å². The molecular weight excluding hydrogens is 392 g/mol. The summed E-state index contributed by atoms with van der Waals surface area (Å²) < 4.78 is 10.5. The minimum Gasteiger partial charge on any atom is -0.510 e. The van der Waals surface area contributed by atoms with Crippen LogP contribution in [-0.2, 0) is 19.1 Å². The Hall–Kier alpha value is -2.14. The maximum Gasteiger partial charge on any atom is 0.341 e. The van der Waals surface area contributed by atoms with Gasteiger partial charge in [0.25, 0.3) is 0 Å². The quantitative estimate of drug-likeness (QED) is 0.279. The number of aliphatic hydroxyl groups excluding tert-OH is 1. The monoisotopic (exact) mass is 430 g/mol. The third kappa shape index (κ3) is 5.57. The summed E-state index contributed by atoms with van der Waals surface area (Å²) in [5.41, 5.74) is 2.49. The first-order valence-corrected chi connectivity index (χ1v) is 11.1. The Balaban J connectivity index is 2.00. The fourth-order valence-corrected chi connectivity index (χ4v) is 4.10. The van der Waals surface area contributed by atoms with Crippen LogP contribution in [0.5, 0.6) is 0 Å². The van der Waals surface area contributed by atoms with Crippen LogP contribution < -0.4 is 0 Å². The summed E-state index contributed by atoms with van der Waals surface area (Å²) in [5, 5.41) is 10.8. The number of hydrogen-bond donors (Lipinski definition) is 1. The van der Waals surface area contributed by atoms with Crippen LogP contribution in [0.15, 0.2) is 45.8 Å². The fraction of sp³-hybridized carbons (Fsp3) is 0.615. The molecule has 31 heavy (non-hydrogen) atoms. The molecule has 1 aliphatic carbocycles. The van der Waals surface area contributed by atoms with E-state index in [0.717, 1.165) is 31.3 Å². The number of esters is 1. The van der Waals surface area contributed by atoms with Gasteiger partial charge in [-0.3, -0.25) is 4.79 Å². The number of carbonyl (C=O) groups excluding carboxylic acids is 2. The summed E-state index contributed by atoms with van der Waals surface area (Å²) in [6.07, 6.45) is 8.91. The van der Waals surface area contributed by atoms with Crippen molar-refractivity contribution in [3.8, 4) is 0 Å². The second kappa shape index (κ2) is 9.56. The number of Topliss-reactive ketones (excluding diaryl/α,β-unsaturated/α-hetero) is 1. The van der Waals surface area contributed by atoms with Gasteiger partial charge in [-0.2, -0.15) is 0 Å². The van der Waals surface area contributed by atoms with E-state index in [4.69, 9.17) is 9.47 Å². The molecule has 1 fully saturated rings. The highest BCUT2D eigenvalue weighted by atomic mass is 16.6. The highest BCUT2D eigenvalue weighted by Crippen LogP contribution is 2.43. The molecule has 0 spiro atoms. The second-order valence-electron chi connectivity index (χ2n) is 9.72. The van der Waals surface area contributed by atoms with E-state index in [2.05, 4.69) is 26.8 Å². The van der Waals surface area contributed by atoms with Crippen molar-refractivity contribution in [3.05, 3.63) is 45.8 Å². The minimum atomic E-state index is -1.16. The number of allylic oxidation sites excluding steroid dienone is 6. The molecule has 172 valence electrons. The SMILES string of the molecule is COC(=O)C1=C(O)[C@@](C)(C/C=C(\C)CCC=C(C)CC[C@@H]2OC2(C)C)C(=O)C(C)=C1C. The zero-order chi connectivity index (χ0) is 23.6. The molecule has 2 aliphatic rings. The lowest BCUT2D eigenvalue weighted by Crippen LogP contribution is -2.36. The van der Waals surface area contributed by atoms with Crippen LogP contribution in [0, 0.1) is 5.41 Å². The standard InChI is InChI=1S/C26H38O5/c1-16(12-13-20-25(5,6)31-20)10-9-11-17(2)14-15-26(7)22(27)19(4)18(3)21(23(26)28)24(29)30-8/h10,14,20,28H,9,11-13,15H2,1-8H3/b16-10?,17-14+/t20-,26-/m0/s1. The van der Waals surface area contributed by atoms with Crippen LogP contribution >= 0.6 is 0 Å². The lowest BCUT2D eigenvalue weighted by Gasteiger charge is -2.33. The van der Waals surface area contributed by atoms with E-state index < -0.39 is 11.4 Å². The van der Waals surface area contributed by atoms with Crippen molar-refractivity contribution in [1.82, 2.24) is 0 Å². The molecule has 0 amide bonds. The Morgan fingerprint density at radius 1 is 1.10 bits per heavy atom. The van der Waals surface area contributed by atoms with E-state index in [1.165, 1.54) is 12.7 Å². The first-order valence-electron chi connectivity index (χ1n) is 11.1. The van der Waals surface area contributed by atoms with Crippen molar-refractivity contribution in [1.29, 1.82) is 0 Å².